The minimum absolute atomic E-state index is 0.00982. The predicted octanol–water partition coefficient (Wildman–Crippen LogP) is 10.5. The molecule has 0 rings (SSSR count). The normalized spacial score (nSPS) is 16.1. The summed E-state index contributed by atoms with van der Waals surface area (Å²) in [5.41, 5.74) is 0. The van der Waals surface area contributed by atoms with Gasteiger partial charge in [-0.3, -0.25) is 4.79 Å². The fourth-order valence-corrected chi connectivity index (χ4v) is 5.74. The van der Waals surface area contributed by atoms with Gasteiger partial charge in [0.15, 0.2) is 16.6 Å². The molecule has 228 valence electrons. The number of hydrogen-bond donors (Lipinski definition) is 1. The van der Waals surface area contributed by atoms with Crippen LogP contribution in [0.4, 0.5) is 0 Å². The standard InChI is InChI=1S/C34H60O4Si2/c1-12-13-20-25-30(37-39(8,9)33(2,3)4)27-22-18-19-23-28-31(38-40(10,11)34(5,6)7)26-21-16-14-15-17-24-29-32(35)36/h13,15-23,27-28,30-31H,12,14,24-26,29H2,1-11H3,(H,35,36). The average Bonchev–Trinajstić information content (AvgIpc) is 2.80. The van der Waals surface area contributed by atoms with Gasteiger partial charge in [-0.05, 0) is 68.4 Å². The Bertz CT molecular complexity index is 894. The minimum atomic E-state index is -1.92. The Labute approximate surface area is 249 Å². The van der Waals surface area contributed by atoms with E-state index in [-0.39, 0.29) is 28.7 Å². The summed E-state index contributed by atoms with van der Waals surface area (Å²) in [6, 6.07) is 0. The Morgan fingerprint density at radius 1 is 0.700 bits per heavy atom. The lowest BCUT2D eigenvalue weighted by Crippen LogP contribution is -2.43. The molecule has 0 heterocycles. The van der Waals surface area contributed by atoms with E-state index in [0.29, 0.717) is 6.42 Å². The zero-order valence-electron chi connectivity index (χ0n) is 27.5. The third-order valence-electron chi connectivity index (χ3n) is 7.76. The van der Waals surface area contributed by atoms with Crippen molar-refractivity contribution in [2.75, 3.05) is 0 Å². The molecule has 0 spiro atoms. The SMILES string of the molecule is CCC=CCC(C=CC=CC=CC(CC=CCC=CCCC(=O)O)O[Si](C)(C)C(C)(C)C)O[Si](C)(C)C(C)(C)C. The van der Waals surface area contributed by atoms with Crippen molar-refractivity contribution in [1.29, 1.82) is 0 Å². The number of carboxylic acids is 1. The van der Waals surface area contributed by atoms with Crippen LogP contribution in [-0.2, 0) is 13.6 Å². The number of rotatable bonds is 18. The molecule has 0 aromatic carbocycles. The topological polar surface area (TPSA) is 55.8 Å². The maximum Gasteiger partial charge on any atom is 0.303 e. The minimum Gasteiger partial charge on any atom is -0.481 e. The Morgan fingerprint density at radius 2 is 1.12 bits per heavy atom. The Balaban J connectivity index is 5.37. The monoisotopic (exact) mass is 588 g/mol. The molecule has 0 saturated heterocycles. The van der Waals surface area contributed by atoms with Gasteiger partial charge in [0, 0.05) is 6.42 Å². The molecule has 0 aromatic heterocycles. The van der Waals surface area contributed by atoms with Crippen molar-refractivity contribution in [1.82, 2.24) is 0 Å². The van der Waals surface area contributed by atoms with E-state index in [9.17, 15) is 4.79 Å². The van der Waals surface area contributed by atoms with Crippen LogP contribution >= 0.6 is 0 Å². The molecule has 0 saturated carbocycles. The van der Waals surface area contributed by atoms with E-state index in [0.717, 1.165) is 25.7 Å². The molecular weight excluding hydrogens is 529 g/mol. The summed E-state index contributed by atoms with van der Waals surface area (Å²) in [6.07, 6.45) is 29.7. The van der Waals surface area contributed by atoms with E-state index in [1.54, 1.807) is 0 Å². The van der Waals surface area contributed by atoms with E-state index in [1.807, 2.05) is 12.2 Å². The van der Waals surface area contributed by atoms with Crippen molar-refractivity contribution < 1.29 is 18.8 Å². The predicted molar refractivity (Wildman–Crippen MR) is 180 cm³/mol. The lowest BCUT2D eigenvalue weighted by atomic mass is 10.2. The van der Waals surface area contributed by atoms with Crippen LogP contribution < -0.4 is 0 Å². The van der Waals surface area contributed by atoms with Crippen LogP contribution in [0.5, 0.6) is 0 Å². The van der Waals surface area contributed by atoms with E-state index < -0.39 is 22.6 Å². The fraction of sp³-hybridized carbons (Fsp3) is 0.618. The molecular formula is C34H60O4Si2. The van der Waals surface area contributed by atoms with Crippen LogP contribution in [0.15, 0.2) is 72.9 Å². The first-order valence-corrected chi connectivity index (χ1v) is 20.8. The second kappa shape index (κ2) is 18.6. The van der Waals surface area contributed by atoms with Crippen LogP contribution in [0, 0.1) is 0 Å². The van der Waals surface area contributed by atoms with Gasteiger partial charge in [0.25, 0.3) is 0 Å². The lowest BCUT2D eigenvalue weighted by Gasteiger charge is -2.38. The first-order valence-electron chi connectivity index (χ1n) is 15.0. The molecule has 0 amide bonds. The third-order valence-corrected chi connectivity index (χ3v) is 16.8. The molecule has 0 aliphatic carbocycles. The summed E-state index contributed by atoms with van der Waals surface area (Å²) >= 11 is 0. The Kier molecular flexibility index (Phi) is 17.8. The molecule has 0 aliphatic rings. The van der Waals surface area contributed by atoms with Gasteiger partial charge in [-0.2, -0.15) is 0 Å². The summed E-state index contributed by atoms with van der Waals surface area (Å²) in [4.78, 5) is 10.6. The smallest absolute Gasteiger partial charge is 0.303 e. The van der Waals surface area contributed by atoms with Gasteiger partial charge in [0.05, 0.1) is 12.2 Å². The quantitative estimate of drug-likeness (QED) is 0.0983. The highest BCUT2D eigenvalue weighted by atomic mass is 28.4. The summed E-state index contributed by atoms with van der Waals surface area (Å²) in [5.74, 6) is -0.759. The fourth-order valence-electron chi connectivity index (χ4n) is 3.17. The highest BCUT2D eigenvalue weighted by Crippen LogP contribution is 2.38. The Morgan fingerprint density at radius 3 is 1.52 bits per heavy atom. The van der Waals surface area contributed by atoms with Crippen molar-refractivity contribution in [3.8, 4) is 0 Å². The van der Waals surface area contributed by atoms with Gasteiger partial charge in [0.2, 0.25) is 0 Å². The zero-order valence-corrected chi connectivity index (χ0v) is 29.5. The van der Waals surface area contributed by atoms with Crippen molar-refractivity contribution in [3.63, 3.8) is 0 Å². The van der Waals surface area contributed by atoms with Crippen LogP contribution in [0.1, 0.15) is 87.0 Å². The molecule has 40 heavy (non-hydrogen) atoms. The van der Waals surface area contributed by atoms with Crippen LogP contribution in [-0.4, -0.2) is 39.9 Å². The molecule has 0 bridgehead atoms. The van der Waals surface area contributed by atoms with Crippen molar-refractivity contribution in [2.45, 2.75) is 135 Å². The number of carbonyl (C=O) groups is 1. The van der Waals surface area contributed by atoms with Crippen molar-refractivity contribution in [2.24, 2.45) is 0 Å². The van der Waals surface area contributed by atoms with E-state index in [1.165, 1.54) is 0 Å². The van der Waals surface area contributed by atoms with Crippen molar-refractivity contribution >= 4 is 22.6 Å². The number of allylic oxidation sites excluding steroid dienone is 8. The van der Waals surface area contributed by atoms with E-state index in [4.69, 9.17) is 14.0 Å². The molecule has 0 fully saturated rings. The molecule has 0 aromatic rings. The van der Waals surface area contributed by atoms with E-state index >= 15 is 0 Å². The first kappa shape index (κ1) is 38.3. The highest BCUT2D eigenvalue weighted by molar-refractivity contribution is 6.74. The summed E-state index contributed by atoms with van der Waals surface area (Å²) in [7, 11) is -3.78. The second-order valence-electron chi connectivity index (χ2n) is 13.4. The van der Waals surface area contributed by atoms with Crippen LogP contribution in [0.3, 0.4) is 0 Å². The summed E-state index contributed by atoms with van der Waals surface area (Å²) in [5, 5.41) is 9.05. The molecule has 2 unspecified atom stereocenters. The van der Waals surface area contributed by atoms with Gasteiger partial charge >= 0.3 is 5.97 Å². The van der Waals surface area contributed by atoms with Crippen LogP contribution in [0.25, 0.3) is 0 Å². The number of aliphatic carboxylic acids is 1. The summed E-state index contributed by atoms with van der Waals surface area (Å²) in [6.45, 7) is 25.0. The maximum absolute atomic E-state index is 10.6. The first-order chi connectivity index (χ1) is 18.4. The number of hydrogen-bond acceptors (Lipinski definition) is 3. The van der Waals surface area contributed by atoms with Gasteiger partial charge in [-0.15, -0.1) is 0 Å². The second-order valence-corrected chi connectivity index (χ2v) is 23.0. The van der Waals surface area contributed by atoms with Gasteiger partial charge in [-0.25, -0.2) is 0 Å². The Hall–Kier alpha value is -1.74. The van der Waals surface area contributed by atoms with Gasteiger partial charge < -0.3 is 14.0 Å². The third kappa shape index (κ3) is 17.2. The summed E-state index contributed by atoms with van der Waals surface area (Å²) < 4.78 is 13.4. The average molecular weight is 589 g/mol. The van der Waals surface area contributed by atoms with E-state index in [2.05, 4.69) is 135 Å². The molecule has 0 radical (unpaired) electrons. The van der Waals surface area contributed by atoms with Gasteiger partial charge in [0.1, 0.15) is 0 Å². The molecule has 2 atom stereocenters. The molecule has 1 N–H and O–H groups in total. The maximum atomic E-state index is 10.6. The van der Waals surface area contributed by atoms with Crippen molar-refractivity contribution in [3.05, 3.63) is 72.9 Å². The number of carboxylic acid groups (broad SMARTS) is 1. The highest BCUT2D eigenvalue weighted by Gasteiger charge is 2.39. The lowest BCUT2D eigenvalue weighted by molar-refractivity contribution is -0.136. The largest absolute Gasteiger partial charge is 0.481 e. The van der Waals surface area contributed by atoms with Crippen LogP contribution in [0.2, 0.25) is 36.3 Å². The molecule has 0 aliphatic heterocycles. The molecule has 6 heteroatoms. The molecule has 4 nitrogen and oxygen atoms in total. The zero-order chi connectivity index (χ0) is 30.9. The van der Waals surface area contributed by atoms with Gasteiger partial charge in [-0.1, -0.05) is 121 Å².